The molecule has 0 radical (unpaired) electrons. The lowest BCUT2D eigenvalue weighted by Crippen LogP contribution is -2.33. The zero-order valence-electron chi connectivity index (χ0n) is 11.5. The molecule has 0 aliphatic heterocycles. The first-order valence-corrected chi connectivity index (χ1v) is 6.75. The van der Waals surface area contributed by atoms with Crippen LogP contribution in [0.1, 0.15) is 25.3 Å². The Bertz CT molecular complexity index is 388. The Morgan fingerprint density at radius 2 is 2.11 bits per heavy atom. The third kappa shape index (κ3) is 3.16. The van der Waals surface area contributed by atoms with Gasteiger partial charge in [-0.25, -0.2) is 0 Å². The minimum atomic E-state index is 0.459. The summed E-state index contributed by atoms with van der Waals surface area (Å²) in [5, 5.41) is 3.33. The molecule has 1 aliphatic rings. The predicted octanol–water partition coefficient (Wildman–Crippen LogP) is 2.63. The van der Waals surface area contributed by atoms with Crippen LogP contribution in [0.2, 0.25) is 0 Å². The molecule has 0 heterocycles. The monoisotopic (exact) mass is 249 g/mol. The number of methoxy groups -OCH3 is 1. The van der Waals surface area contributed by atoms with Gasteiger partial charge in [0, 0.05) is 6.04 Å². The molecule has 0 spiro atoms. The van der Waals surface area contributed by atoms with Crippen LogP contribution in [0, 0.1) is 5.92 Å². The maximum absolute atomic E-state index is 5.89. The van der Waals surface area contributed by atoms with Crippen LogP contribution in [-0.4, -0.2) is 26.8 Å². The van der Waals surface area contributed by atoms with Gasteiger partial charge in [0.2, 0.25) is 0 Å². The van der Waals surface area contributed by atoms with Crippen LogP contribution in [0.25, 0.3) is 0 Å². The van der Waals surface area contributed by atoms with E-state index in [4.69, 9.17) is 9.47 Å². The van der Waals surface area contributed by atoms with Crippen LogP contribution in [0.5, 0.6) is 11.5 Å². The molecule has 1 fully saturated rings. The first-order valence-electron chi connectivity index (χ1n) is 6.75. The van der Waals surface area contributed by atoms with Gasteiger partial charge in [0.25, 0.3) is 0 Å². The minimum Gasteiger partial charge on any atom is -0.493 e. The Labute approximate surface area is 109 Å². The summed E-state index contributed by atoms with van der Waals surface area (Å²) in [6.07, 6.45) is 3.65. The summed E-state index contributed by atoms with van der Waals surface area (Å²) < 4.78 is 11.3. The van der Waals surface area contributed by atoms with Crippen molar-refractivity contribution in [3.05, 3.63) is 23.8 Å². The van der Waals surface area contributed by atoms with E-state index in [9.17, 15) is 0 Å². The highest BCUT2D eigenvalue weighted by Gasteiger charge is 2.30. The number of benzene rings is 1. The summed E-state index contributed by atoms with van der Waals surface area (Å²) in [4.78, 5) is 0. The first-order chi connectivity index (χ1) is 8.78. The van der Waals surface area contributed by atoms with Gasteiger partial charge in [-0.1, -0.05) is 13.0 Å². The number of hydrogen-bond acceptors (Lipinski definition) is 3. The Balaban J connectivity index is 1.99. The number of hydrogen-bond donors (Lipinski definition) is 1. The largest absolute Gasteiger partial charge is 0.493 e. The van der Waals surface area contributed by atoms with Crippen LogP contribution in [-0.2, 0) is 6.42 Å². The highest BCUT2D eigenvalue weighted by molar-refractivity contribution is 5.43. The zero-order valence-corrected chi connectivity index (χ0v) is 11.5. The van der Waals surface area contributed by atoms with Crippen LogP contribution >= 0.6 is 0 Å². The number of aryl methyl sites for hydroxylation is 1. The molecule has 1 atom stereocenters. The van der Waals surface area contributed by atoms with Crippen LogP contribution in [0.15, 0.2) is 18.2 Å². The SMILES string of the molecule is CCc1ccc(OCC(NC)C2CC2)c(OC)c1. The van der Waals surface area contributed by atoms with E-state index >= 15 is 0 Å². The van der Waals surface area contributed by atoms with E-state index in [1.807, 2.05) is 13.1 Å². The second-order valence-electron chi connectivity index (χ2n) is 4.88. The normalized spacial score (nSPS) is 16.4. The molecule has 3 nitrogen and oxygen atoms in total. The molecular formula is C15H23NO2. The Morgan fingerprint density at radius 3 is 2.67 bits per heavy atom. The summed E-state index contributed by atoms with van der Waals surface area (Å²) in [6.45, 7) is 2.85. The molecule has 1 aromatic carbocycles. The fourth-order valence-electron chi connectivity index (χ4n) is 2.18. The van der Waals surface area contributed by atoms with Crippen molar-refractivity contribution >= 4 is 0 Å². The molecule has 1 aromatic rings. The average molecular weight is 249 g/mol. The van der Waals surface area contributed by atoms with Crippen molar-refractivity contribution in [2.24, 2.45) is 5.92 Å². The molecular weight excluding hydrogens is 226 g/mol. The Hall–Kier alpha value is -1.22. The molecule has 0 aromatic heterocycles. The lowest BCUT2D eigenvalue weighted by molar-refractivity contribution is 0.245. The molecule has 0 saturated heterocycles. The standard InChI is InChI=1S/C15H23NO2/c1-4-11-5-8-14(15(9-11)17-3)18-10-13(16-2)12-6-7-12/h5,8-9,12-13,16H,4,6-7,10H2,1-3H3. The van der Waals surface area contributed by atoms with E-state index in [0.717, 1.165) is 23.8 Å². The van der Waals surface area contributed by atoms with Crippen LogP contribution in [0.3, 0.4) is 0 Å². The Morgan fingerprint density at radius 1 is 1.33 bits per heavy atom. The first kappa shape index (κ1) is 13.2. The maximum Gasteiger partial charge on any atom is 0.161 e. The van der Waals surface area contributed by atoms with Crippen molar-refractivity contribution < 1.29 is 9.47 Å². The molecule has 2 rings (SSSR count). The summed E-state index contributed by atoms with van der Waals surface area (Å²) >= 11 is 0. The van der Waals surface area contributed by atoms with E-state index in [-0.39, 0.29) is 0 Å². The third-order valence-corrected chi connectivity index (χ3v) is 3.62. The van der Waals surface area contributed by atoms with E-state index in [1.165, 1.54) is 18.4 Å². The Kier molecular flexibility index (Phi) is 4.48. The van der Waals surface area contributed by atoms with Crippen molar-refractivity contribution in [1.82, 2.24) is 5.32 Å². The van der Waals surface area contributed by atoms with E-state index in [0.29, 0.717) is 12.6 Å². The van der Waals surface area contributed by atoms with E-state index < -0.39 is 0 Å². The lowest BCUT2D eigenvalue weighted by atomic mass is 10.1. The molecule has 100 valence electrons. The van der Waals surface area contributed by atoms with Gasteiger partial charge < -0.3 is 14.8 Å². The molecule has 1 aliphatic carbocycles. The van der Waals surface area contributed by atoms with Gasteiger partial charge in [0.1, 0.15) is 6.61 Å². The van der Waals surface area contributed by atoms with Gasteiger partial charge in [-0.2, -0.15) is 0 Å². The molecule has 0 amide bonds. The summed E-state index contributed by atoms with van der Waals surface area (Å²) in [6, 6.07) is 6.63. The van der Waals surface area contributed by atoms with Gasteiger partial charge in [-0.3, -0.25) is 0 Å². The van der Waals surface area contributed by atoms with Gasteiger partial charge in [0.05, 0.1) is 7.11 Å². The molecule has 1 N–H and O–H groups in total. The molecule has 1 saturated carbocycles. The average Bonchev–Trinajstić information content (AvgIpc) is 3.24. The topological polar surface area (TPSA) is 30.5 Å². The predicted molar refractivity (Wildman–Crippen MR) is 73.4 cm³/mol. The van der Waals surface area contributed by atoms with Gasteiger partial charge in [0.15, 0.2) is 11.5 Å². The van der Waals surface area contributed by atoms with Gasteiger partial charge >= 0.3 is 0 Å². The van der Waals surface area contributed by atoms with Crippen molar-refractivity contribution in [3.8, 4) is 11.5 Å². The second kappa shape index (κ2) is 6.10. The van der Waals surface area contributed by atoms with Gasteiger partial charge in [-0.05, 0) is 49.9 Å². The second-order valence-corrected chi connectivity index (χ2v) is 4.88. The van der Waals surface area contributed by atoms with E-state index in [1.54, 1.807) is 7.11 Å². The van der Waals surface area contributed by atoms with Crippen molar-refractivity contribution in [3.63, 3.8) is 0 Å². The number of likely N-dealkylation sites (N-methyl/N-ethyl adjacent to an activating group) is 1. The molecule has 0 bridgehead atoms. The molecule has 18 heavy (non-hydrogen) atoms. The van der Waals surface area contributed by atoms with Crippen LogP contribution in [0.4, 0.5) is 0 Å². The molecule has 1 unspecified atom stereocenters. The number of ether oxygens (including phenoxy) is 2. The number of rotatable bonds is 7. The number of nitrogens with one attached hydrogen (secondary N) is 1. The zero-order chi connectivity index (χ0) is 13.0. The van der Waals surface area contributed by atoms with Crippen LogP contribution < -0.4 is 14.8 Å². The summed E-state index contributed by atoms with van der Waals surface area (Å²) in [5.74, 6) is 2.46. The summed E-state index contributed by atoms with van der Waals surface area (Å²) in [5.41, 5.74) is 1.27. The van der Waals surface area contributed by atoms with Gasteiger partial charge in [-0.15, -0.1) is 0 Å². The van der Waals surface area contributed by atoms with E-state index in [2.05, 4.69) is 24.4 Å². The highest BCUT2D eigenvalue weighted by Crippen LogP contribution is 2.34. The van der Waals surface area contributed by atoms with Crippen molar-refractivity contribution in [1.29, 1.82) is 0 Å². The maximum atomic E-state index is 5.89. The van der Waals surface area contributed by atoms with Crippen molar-refractivity contribution in [2.45, 2.75) is 32.2 Å². The molecule has 3 heteroatoms. The fraction of sp³-hybridized carbons (Fsp3) is 0.600. The quantitative estimate of drug-likeness (QED) is 0.806. The lowest BCUT2D eigenvalue weighted by Gasteiger charge is -2.18. The fourth-order valence-corrected chi connectivity index (χ4v) is 2.18. The highest BCUT2D eigenvalue weighted by atomic mass is 16.5. The van der Waals surface area contributed by atoms with Crippen molar-refractivity contribution in [2.75, 3.05) is 20.8 Å². The summed E-state index contributed by atoms with van der Waals surface area (Å²) in [7, 11) is 3.70. The third-order valence-electron chi connectivity index (χ3n) is 3.62. The minimum absolute atomic E-state index is 0.459. The smallest absolute Gasteiger partial charge is 0.161 e.